The predicted octanol–water partition coefficient (Wildman–Crippen LogP) is 2.01. The van der Waals surface area contributed by atoms with Crippen LogP contribution in [0.25, 0.3) is 0 Å². The van der Waals surface area contributed by atoms with Crippen molar-refractivity contribution in [2.24, 2.45) is 0 Å². The Morgan fingerprint density at radius 1 is 1.43 bits per heavy atom. The highest BCUT2D eigenvalue weighted by Crippen LogP contribution is 2.07. The number of nitrogens with one attached hydrogen (secondary N) is 2. The number of amides is 1. The van der Waals surface area contributed by atoms with Gasteiger partial charge >= 0.3 is 0 Å². The van der Waals surface area contributed by atoms with Crippen molar-refractivity contribution < 1.29 is 4.79 Å². The largest absolute Gasteiger partial charge is 0.364 e. The second kappa shape index (κ2) is 4.11. The Bertz CT molecular complexity index is 392. The summed E-state index contributed by atoms with van der Waals surface area (Å²) in [6, 6.07) is 7.53. The molecule has 1 amide bonds. The van der Waals surface area contributed by atoms with Crippen LogP contribution in [0.2, 0.25) is 0 Å². The first-order valence-corrected chi connectivity index (χ1v) is 5.18. The molecule has 14 heavy (non-hydrogen) atoms. The first-order valence-electron chi connectivity index (χ1n) is 4.30. The molecular formula is C10H10N2OS. The summed E-state index contributed by atoms with van der Waals surface area (Å²) >= 11 is 1.45. The quantitative estimate of drug-likeness (QED) is 0.792. The fourth-order valence-corrected chi connectivity index (χ4v) is 1.79. The molecule has 0 aromatic carbocycles. The average molecular weight is 206 g/mol. The summed E-state index contributed by atoms with van der Waals surface area (Å²) < 4.78 is 0. The van der Waals surface area contributed by atoms with Crippen LogP contribution in [0.5, 0.6) is 0 Å². The van der Waals surface area contributed by atoms with Crippen LogP contribution >= 0.6 is 11.3 Å². The van der Waals surface area contributed by atoms with Crippen LogP contribution in [0.1, 0.15) is 15.4 Å². The molecule has 0 aliphatic heterocycles. The van der Waals surface area contributed by atoms with Gasteiger partial charge in [-0.1, -0.05) is 6.07 Å². The predicted molar refractivity (Wildman–Crippen MR) is 56.3 cm³/mol. The van der Waals surface area contributed by atoms with Crippen LogP contribution in [0.3, 0.4) is 0 Å². The van der Waals surface area contributed by atoms with E-state index in [0.29, 0.717) is 6.54 Å². The van der Waals surface area contributed by atoms with Gasteiger partial charge in [-0.25, -0.2) is 0 Å². The van der Waals surface area contributed by atoms with E-state index in [2.05, 4.69) is 10.3 Å². The highest BCUT2D eigenvalue weighted by molar-refractivity contribution is 7.12. The molecule has 0 aliphatic carbocycles. The maximum absolute atomic E-state index is 11.5. The lowest BCUT2D eigenvalue weighted by Crippen LogP contribution is -2.21. The molecule has 0 radical (unpaired) electrons. The standard InChI is InChI=1S/C10H10N2OS/c13-10(9-4-2-6-14-9)12-7-8-3-1-5-11-8/h1-6,11H,7H2,(H,12,13). The molecule has 0 spiro atoms. The second-order valence-electron chi connectivity index (χ2n) is 2.86. The lowest BCUT2D eigenvalue weighted by Gasteiger charge is -2.00. The molecule has 0 fully saturated rings. The van der Waals surface area contributed by atoms with Gasteiger partial charge in [-0.05, 0) is 23.6 Å². The summed E-state index contributed by atoms with van der Waals surface area (Å²) in [7, 11) is 0. The Morgan fingerprint density at radius 2 is 2.36 bits per heavy atom. The zero-order chi connectivity index (χ0) is 9.80. The van der Waals surface area contributed by atoms with Gasteiger partial charge in [-0.3, -0.25) is 4.79 Å². The number of hydrogen-bond donors (Lipinski definition) is 2. The molecule has 0 aliphatic rings. The topological polar surface area (TPSA) is 44.9 Å². The first kappa shape index (κ1) is 9.02. The van der Waals surface area contributed by atoms with E-state index >= 15 is 0 Å². The van der Waals surface area contributed by atoms with E-state index in [1.165, 1.54) is 11.3 Å². The molecule has 72 valence electrons. The van der Waals surface area contributed by atoms with Crippen LogP contribution in [0.15, 0.2) is 35.8 Å². The van der Waals surface area contributed by atoms with E-state index in [1.54, 1.807) is 0 Å². The van der Waals surface area contributed by atoms with Gasteiger partial charge in [0.1, 0.15) is 0 Å². The summed E-state index contributed by atoms with van der Waals surface area (Å²) in [5, 5.41) is 4.72. The van der Waals surface area contributed by atoms with E-state index in [1.807, 2.05) is 35.8 Å². The van der Waals surface area contributed by atoms with E-state index in [4.69, 9.17) is 0 Å². The monoisotopic (exact) mass is 206 g/mol. The summed E-state index contributed by atoms with van der Waals surface area (Å²) in [6.07, 6.45) is 1.84. The molecular weight excluding hydrogens is 196 g/mol. The van der Waals surface area contributed by atoms with E-state index in [0.717, 1.165) is 10.6 Å². The molecule has 3 nitrogen and oxygen atoms in total. The molecule has 2 aromatic heterocycles. The number of aromatic nitrogens is 1. The molecule has 0 saturated heterocycles. The van der Waals surface area contributed by atoms with Crippen molar-refractivity contribution in [1.29, 1.82) is 0 Å². The maximum Gasteiger partial charge on any atom is 0.261 e. The van der Waals surface area contributed by atoms with Gasteiger partial charge in [-0.15, -0.1) is 11.3 Å². The Morgan fingerprint density at radius 3 is 3.00 bits per heavy atom. The van der Waals surface area contributed by atoms with E-state index < -0.39 is 0 Å². The summed E-state index contributed by atoms with van der Waals surface area (Å²) in [4.78, 5) is 15.3. The minimum absolute atomic E-state index is 0.0189. The van der Waals surface area contributed by atoms with Crippen LogP contribution in [0.4, 0.5) is 0 Å². The third-order valence-corrected chi connectivity index (χ3v) is 2.72. The van der Waals surface area contributed by atoms with Gasteiger partial charge in [0, 0.05) is 11.9 Å². The third-order valence-electron chi connectivity index (χ3n) is 1.85. The van der Waals surface area contributed by atoms with E-state index in [9.17, 15) is 4.79 Å². The fourth-order valence-electron chi connectivity index (χ4n) is 1.15. The summed E-state index contributed by atoms with van der Waals surface area (Å²) in [5.41, 5.74) is 1.01. The van der Waals surface area contributed by atoms with Crippen LogP contribution in [0, 0.1) is 0 Å². The summed E-state index contributed by atoms with van der Waals surface area (Å²) in [6.45, 7) is 0.545. The van der Waals surface area contributed by atoms with Gasteiger partial charge < -0.3 is 10.3 Å². The number of aromatic amines is 1. The number of hydrogen-bond acceptors (Lipinski definition) is 2. The number of thiophene rings is 1. The Labute approximate surface area is 85.8 Å². The van der Waals surface area contributed by atoms with Gasteiger partial charge in [0.05, 0.1) is 11.4 Å². The molecule has 2 rings (SSSR count). The molecule has 0 saturated carbocycles. The van der Waals surface area contributed by atoms with Crippen molar-refractivity contribution in [2.45, 2.75) is 6.54 Å². The molecule has 0 bridgehead atoms. The van der Waals surface area contributed by atoms with Crippen molar-refractivity contribution in [3.8, 4) is 0 Å². The lowest BCUT2D eigenvalue weighted by molar-refractivity contribution is 0.0954. The minimum Gasteiger partial charge on any atom is -0.364 e. The Hall–Kier alpha value is -1.55. The molecule has 2 aromatic rings. The van der Waals surface area contributed by atoms with Gasteiger partial charge in [-0.2, -0.15) is 0 Å². The number of carbonyl (C=O) groups excluding carboxylic acids is 1. The second-order valence-corrected chi connectivity index (χ2v) is 3.80. The Kier molecular flexibility index (Phi) is 2.65. The van der Waals surface area contributed by atoms with Gasteiger partial charge in [0.25, 0.3) is 5.91 Å². The SMILES string of the molecule is O=C(NCc1ccc[nH]1)c1cccs1. The fraction of sp³-hybridized carbons (Fsp3) is 0.100. The van der Waals surface area contributed by atoms with Gasteiger partial charge in [0.2, 0.25) is 0 Å². The molecule has 0 unspecified atom stereocenters. The van der Waals surface area contributed by atoms with Crippen LogP contribution < -0.4 is 5.32 Å². The first-order chi connectivity index (χ1) is 6.86. The maximum atomic E-state index is 11.5. The zero-order valence-electron chi connectivity index (χ0n) is 7.49. The molecule has 2 N–H and O–H groups in total. The average Bonchev–Trinajstić information content (AvgIpc) is 2.87. The van der Waals surface area contributed by atoms with Crippen LogP contribution in [-0.4, -0.2) is 10.9 Å². The number of H-pyrrole nitrogens is 1. The van der Waals surface area contributed by atoms with Gasteiger partial charge in [0.15, 0.2) is 0 Å². The van der Waals surface area contributed by atoms with E-state index in [-0.39, 0.29) is 5.91 Å². The zero-order valence-corrected chi connectivity index (χ0v) is 8.30. The van der Waals surface area contributed by atoms with Crippen molar-refractivity contribution >= 4 is 17.2 Å². The van der Waals surface area contributed by atoms with Crippen molar-refractivity contribution in [3.05, 3.63) is 46.4 Å². The molecule has 0 atom stereocenters. The highest BCUT2D eigenvalue weighted by atomic mass is 32.1. The minimum atomic E-state index is -0.0189. The normalized spacial score (nSPS) is 10.0. The van der Waals surface area contributed by atoms with Crippen molar-refractivity contribution in [2.75, 3.05) is 0 Å². The molecule has 2 heterocycles. The molecule has 4 heteroatoms. The third kappa shape index (κ3) is 2.03. The Balaban J connectivity index is 1.90. The lowest BCUT2D eigenvalue weighted by atomic mass is 10.4. The van der Waals surface area contributed by atoms with Crippen molar-refractivity contribution in [3.63, 3.8) is 0 Å². The van der Waals surface area contributed by atoms with Crippen molar-refractivity contribution in [1.82, 2.24) is 10.3 Å². The number of carbonyl (C=O) groups is 1. The number of rotatable bonds is 3. The summed E-state index contributed by atoms with van der Waals surface area (Å²) in [5.74, 6) is -0.0189. The van der Waals surface area contributed by atoms with Crippen LogP contribution in [-0.2, 0) is 6.54 Å². The smallest absolute Gasteiger partial charge is 0.261 e. The highest BCUT2D eigenvalue weighted by Gasteiger charge is 2.05.